The van der Waals surface area contributed by atoms with Crippen molar-refractivity contribution < 1.29 is 28.6 Å². The number of ether oxygens (including phenoxy) is 3. The second-order valence-electron chi connectivity index (χ2n) is 5.69. The fraction of sp³-hybridized carbons (Fsp3) is 0.643. The molecule has 0 aromatic heterocycles. The summed E-state index contributed by atoms with van der Waals surface area (Å²) in [6.07, 6.45) is -0.354. The van der Waals surface area contributed by atoms with Crippen LogP contribution in [0.25, 0.3) is 0 Å². The molecule has 1 aliphatic heterocycles. The molecule has 1 saturated heterocycles. The lowest BCUT2D eigenvalue weighted by atomic mass is 9.78. The van der Waals surface area contributed by atoms with Crippen LogP contribution < -0.4 is 0 Å². The predicted octanol–water partition coefficient (Wildman–Crippen LogP) is 0.455. The van der Waals surface area contributed by atoms with Crippen LogP contribution in [0.1, 0.15) is 13.3 Å². The maximum atomic E-state index is 11.9. The minimum absolute atomic E-state index is 0.0560. The monoisotopic (exact) mass is 280 g/mol. The molecule has 0 aromatic carbocycles. The molecule has 108 valence electrons. The summed E-state index contributed by atoms with van der Waals surface area (Å²) in [4.78, 5) is 35.5. The Morgan fingerprint density at radius 2 is 2.05 bits per heavy atom. The van der Waals surface area contributed by atoms with Gasteiger partial charge in [0.25, 0.3) is 0 Å². The fourth-order valence-corrected chi connectivity index (χ4v) is 3.83. The van der Waals surface area contributed by atoms with E-state index in [2.05, 4.69) is 6.58 Å². The third-order valence-electron chi connectivity index (χ3n) is 4.61. The van der Waals surface area contributed by atoms with E-state index in [9.17, 15) is 14.4 Å². The van der Waals surface area contributed by atoms with Crippen LogP contribution in [0, 0.1) is 23.7 Å². The summed E-state index contributed by atoms with van der Waals surface area (Å²) >= 11 is 0. The minimum atomic E-state index is -0.573. The SMILES string of the molecule is C=C(C)C(=O)OC1C2OC(=O)C3C2C[C@H]1C3C(=O)OC. The summed E-state index contributed by atoms with van der Waals surface area (Å²) in [5.41, 5.74) is 0.281. The molecule has 0 amide bonds. The molecule has 3 aliphatic rings. The van der Waals surface area contributed by atoms with E-state index in [4.69, 9.17) is 14.2 Å². The van der Waals surface area contributed by atoms with Crippen LogP contribution in [0.5, 0.6) is 0 Å². The lowest BCUT2D eigenvalue weighted by Crippen LogP contribution is -2.43. The molecule has 20 heavy (non-hydrogen) atoms. The molecular formula is C14H16O6. The molecule has 6 nitrogen and oxygen atoms in total. The van der Waals surface area contributed by atoms with Gasteiger partial charge >= 0.3 is 17.9 Å². The second kappa shape index (κ2) is 4.33. The van der Waals surface area contributed by atoms with Gasteiger partial charge in [0.15, 0.2) is 0 Å². The Morgan fingerprint density at radius 1 is 1.35 bits per heavy atom. The zero-order valence-corrected chi connectivity index (χ0v) is 11.3. The Kier molecular flexibility index (Phi) is 2.84. The van der Waals surface area contributed by atoms with Gasteiger partial charge in [-0.2, -0.15) is 0 Å². The van der Waals surface area contributed by atoms with Gasteiger partial charge < -0.3 is 14.2 Å². The van der Waals surface area contributed by atoms with Crippen LogP contribution in [-0.2, 0) is 28.6 Å². The lowest BCUT2D eigenvalue weighted by Gasteiger charge is -2.29. The zero-order valence-electron chi connectivity index (χ0n) is 11.3. The topological polar surface area (TPSA) is 78.9 Å². The molecule has 3 fully saturated rings. The number of rotatable bonds is 3. The normalized spacial score (nSPS) is 40.4. The lowest BCUT2D eigenvalue weighted by molar-refractivity contribution is -0.161. The van der Waals surface area contributed by atoms with E-state index < -0.39 is 36.0 Å². The first-order valence-corrected chi connectivity index (χ1v) is 6.60. The van der Waals surface area contributed by atoms with Gasteiger partial charge in [-0.05, 0) is 13.3 Å². The van der Waals surface area contributed by atoms with Crippen molar-refractivity contribution in [3.8, 4) is 0 Å². The number of carbonyl (C=O) groups is 3. The summed E-state index contributed by atoms with van der Waals surface area (Å²) in [5.74, 6) is -2.62. The van der Waals surface area contributed by atoms with Gasteiger partial charge in [-0.15, -0.1) is 0 Å². The van der Waals surface area contributed by atoms with E-state index in [0.717, 1.165) is 0 Å². The number of esters is 3. The van der Waals surface area contributed by atoms with E-state index in [0.29, 0.717) is 6.42 Å². The molecule has 6 atom stereocenters. The number of carbonyl (C=O) groups excluding carboxylic acids is 3. The van der Waals surface area contributed by atoms with Gasteiger partial charge in [-0.1, -0.05) is 6.58 Å². The Bertz CT molecular complexity index is 510. The molecule has 0 N–H and O–H groups in total. The van der Waals surface area contributed by atoms with Gasteiger partial charge in [0, 0.05) is 17.4 Å². The highest BCUT2D eigenvalue weighted by molar-refractivity contribution is 5.88. The van der Waals surface area contributed by atoms with Crippen molar-refractivity contribution in [2.75, 3.05) is 7.11 Å². The van der Waals surface area contributed by atoms with Gasteiger partial charge in [0.1, 0.15) is 12.2 Å². The standard InChI is InChI=1S/C14H16O6/c1-5(2)12(15)19-10-6-4-7-9(8(6)13(16)18-3)14(17)20-11(7)10/h6-11H,1,4H2,2-3H3/t6-,7?,8?,9?,10?,11?/m0/s1. The van der Waals surface area contributed by atoms with Crippen molar-refractivity contribution >= 4 is 17.9 Å². The highest BCUT2D eigenvalue weighted by atomic mass is 16.6. The Hall–Kier alpha value is -1.85. The maximum Gasteiger partial charge on any atom is 0.333 e. The second-order valence-corrected chi connectivity index (χ2v) is 5.69. The van der Waals surface area contributed by atoms with Crippen molar-refractivity contribution in [2.45, 2.75) is 25.6 Å². The van der Waals surface area contributed by atoms with Crippen LogP contribution in [-0.4, -0.2) is 37.2 Å². The Labute approximate surface area is 116 Å². The van der Waals surface area contributed by atoms with Crippen molar-refractivity contribution in [3.05, 3.63) is 12.2 Å². The average Bonchev–Trinajstić information content (AvgIpc) is 3.00. The van der Waals surface area contributed by atoms with E-state index in [-0.39, 0.29) is 23.4 Å². The summed E-state index contributed by atoms with van der Waals surface area (Å²) in [6.45, 7) is 5.08. The average molecular weight is 280 g/mol. The number of fused-ring (bicyclic) bond motifs is 1. The first-order chi connectivity index (χ1) is 9.45. The minimum Gasteiger partial charge on any atom is -0.469 e. The third-order valence-corrected chi connectivity index (χ3v) is 4.61. The molecule has 2 bridgehead atoms. The molecule has 2 aliphatic carbocycles. The molecule has 0 spiro atoms. The maximum absolute atomic E-state index is 11.9. The van der Waals surface area contributed by atoms with Crippen LogP contribution >= 0.6 is 0 Å². The zero-order chi connectivity index (χ0) is 14.6. The van der Waals surface area contributed by atoms with Gasteiger partial charge in [-0.25, -0.2) is 4.79 Å². The Balaban J connectivity index is 1.88. The molecular weight excluding hydrogens is 264 g/mol. The van der Waals surface area contributed by atoms with E-state index in [1.807, 2.05) is 0 Å². The van der Waals surface area contributed by atoms with Gasteiger partial charge in [0.05, 0.1) is 18.9 Å². The molecule has 5 unspecified atom stereocenters. The summed E-state index contributed by atoms with van der Waals surface area (Å²) in [7, 11) is 1.29. The van der Waals surface area contributed by atoms with Crippen molar-refractivity contribution in [1.82, 2.24) is 0 Å². The van der Waals surface area contributed by atoms with Gasteiger partial charge in [0.2, 0.25) is 0 Å². The molecule has 3 rings (SSSR count). The number of methoxy groups -OCH3 is 1. The van der Waals surface area contributed by atoms with E-state index >= 15 is 0 Å². The number of hydrogen-bond acceptors (Lipinski definition) is 6. The molecule has 0 aromatic rings. The smallest absolute Gasteiger partial charge is 0.333 e. The summed E-state index contributed by atoms with van der Waals surface area (Å²) in [6, 6.07) is 0. The predicted molar refractivity (Wildman–Crippen MR) is 65.2 cm³/mol. The van der Waals surface area contributed by atoms with Crippen LogP contribution in [0.2, 0.25) is 0 Å². The fourth-order valence-electron chi connectivity index (χ4n) is 3.83. The first-order valence-electron chi connectivity index (χ1n) is 6.60. The number of hydrogen-bond donors (Lipinski definition) is 0. The van der Waals surface area contributed by atoms with Crippen LogP contribution in [0.4, 0.5) is 0 Å². The summed E-state index contributed by atoms with van der Waals surface area (Å²) in [5, 5.41) is 0. The largest absolute Gasteiger partial charge is 0.469 e. The highest BCUT2D eigenvalue weighted by Crippen LogP contribution is 2.58. The van der Waals surface area contributed by atoms with E-state index in [1.165, 1.54) is 7.11 Å². The first kappa shape index (κ1) is 13.1. The highest BCUT2D eigenvalue weighted by Gasteiger charge is 2.70. The van der Waals surface area contributed by atoms with Crippen LogP contribution in [0.15, 0.2) is 12.2 Å². The molecule has 0 radical (unpaired) electrons. The van der Waals surface area contributed by atoms with Crippen molar-refractivity contribution in [1.29, 1.82) is 0 Å². The summed E-state index contributed by atoms with van der Waals surface area (Å²) < 4.78 is 15.5. The molecule has 6 heteroatoms. The van der Waals surface area contributed by atoms with Crippen molar-refractivity contribution in [3.63, 3.8) is 0 Å². The third kappa shape index (κ3) is 1.60. The van der Waals surface area contributed by atoms with Crippen LogP contribution in [0.3, 0.4) is 0 Å². The Morgan fingerprint density at radius 3 is 2.65 bits per heavy atom. The van der Waals surface area contributed by atoms with Crippen molar-refractivity contribution in [2.24, 2.45) is 23.7 Å². The molecule has 2 saturated carbocycles. The molecule has 1 heterocycles. The van der Waals surface area contributed by atoms with E-state index in [1.54, 1.807) is 6.92 Å². The van der Waals surface area contributed by atoms with Gasteiger partial charge in [-0.3, -0.25) is 9.59 Å². The quantitative estimate of drug-likeness (QED) is 0.424.